The molecule has 1 aromatic heterocycles. The van der Waals surface area contributed by atoms with Crippen molar-refractivity contribution in [3.05, 3.63) is 59.4 Å². The number of likely N-dealkylation sites (N-methyl/N-ethyl adjacent to an activating group) is 1. The highest BCUT2D eigenvalue weighted by atomic mass is 16.5. The van der Waals surface area contributed by atoms with Crippen LogP contribution in [0.15, 0.2) is 42.6 Å². The number of aromatic nitrogens is 2. The summed E-state index contributed by atoms with van der Waals surface area (Å²) in [7, 11) is 5.65. The second-order valence-corrected chi connectivity index (χ2v) is 8.51. The number of benzene rings is 2. The van der Waals surface area contributed by atoms with E-state index < -0.39 is 0 Å². The van der Waals surface area contributed by atoms with Gasteiger partial charge in [0.15, 0.2) is 0 Å². The average Bonchev–Trinajstić information content (AvgIpc) is 3.24. The summed E-state index contributed by atoms with van der Waals surface area (Å²) in [6.45, 7) is 3.88. The quantitative estimate of drug-likeness (QED) is 0.490. The van der Waals surface area contributed by atoms with Crippen LogP contribution in [0.4, 0.5) is 5.69 Å². The summed E-state index contributed by atoms with van der Waals surface area (Å²) < 4.78 is 11.4. The Hall–Kier alpha value is -3.36. The molecule has 0 radical (unpaired) electrons. The Bertz CT molecular complexity index is 1120. The monoisotopic (exact) mass is 449 g/mol. The van der Waals surface area contributed by atoms with Gasteiger partial charge in [0.05, 0.1) is 24.5 Å². The van der Waals surface area contributed by atoms with Crippen molar-refractivity contribution < 1.29 is 14.3 Å². The molecule has 33 heavy (non-hydrogen) atoms. The predicted octanol–water partition coefficient (Wildman–Crippen LogP) is 2.99. The van der Waals surface area contributed by atoms with Crippen LogP contribution in [-0.4, -0.2) is 61.4 Å². The zero-order valence-electron chi connectivity index (χ0n) is 19.6. The molecule has 4 rings (SSSR count). The molecule has 1 amide bonds. The Morgan fingerprint density at radius 2 is 2.06 bits per heavy atom. The Kier molecular flexibility index (Phi) is 6.96. The fourth-order valence-electron chi connectivity index (χ4n) is 3.92. The first kappa shape index (κ1) is 22.8. The molecule has 0 saturated heterocycles. The van der Waals surface area contributed by atoms with Gasteiger partial charge >= 0.3 is 0 Å². The van der Waals surface area contributed by atoms with Crippen molar-refractivity contribution in [2.24, 2.45) is 0 Å². The summed E-state index contributed by atoms with van der Waals surface area (Å²) in [6, 6.07) is 11.5. The molecule has 0 spiro atoms. The van der Waals surface area contributed by atoms with E-state index in [1.165, 1.54) is 5.56 Å². The molecule has 1 aliphatic rings. The number of carbonyl (C=O) groups is 1. The average molecular weight is 450 g/mol. The summed E-state index contributed by atoms with van der Waals surface area (Å²) in [6.07, 6.45) is 2.46. The first-order valence-corrected chi connectivity index (χ1v) is 11.1. The van der Waals surface area contributed by atoms with Crippen LogP contribution in [0.25, 0.3) is 11.1 Å². The molecule has 3 N–H and O–H groups in total. The molecule has 1 atom stereocenters. The van der Waals surface area contributed by atoms with Gasteiger partial charge in [0.2, 0.25) is 5.91 Å². The van der Waals surface area contributed by atoms with E-state index in [2.05, 4.69) is 25.7 Å². The fourth-order valence-corrected chi connectivity index (χ4v) is 3.92. The molecule has 0 saturated carbocycles. The first-order chi connectivity index (χ1) is 15.9. The Morgan fingerprint density at radius 3 is 2.79 bits per heavy atom. The Labute approximate surface area is 194 Å². The second-order valence-electron chi connectivity index (χ2n) is 8.51. The highest BCUT2D eigenvalue weighted by molar-refractivity contribution is 5.97. The van der Waals surface area contributed by atoms with E-state index in [4.69, 9.17) is 9.47 Å². The molecule has 1 aliphatic heterocycles. The highest BCUT2D eigenvalue weighted by Crippen LogP contribution is 2.32. The van der Waals surface area contributed by atoms with Crippen LogP contribution in [0.3, 0.4) is 0 Å². The van der Waals surface area contributed by atoms with Crippen LogP contribution < -0.4 is 20.1 Å². The van der Waals surface area contributed by atoms with Gasteiger partial charge in [-0.2, -0.15) is 5.10 Å². The number of carbonyl (C=O) groups excluding carboxylic acids is 1. The molecule has 1 unspecified atom stereocenters. The maximum Gasteiger partial charge on any atom is 0.241 e. The van der Waals surface area contributed by atoms with Gasteiger partial charge in [0, 0.05) is 24.8 Å². The van der Waals surface area contributed by atoms with Crippen molar-refractivity contribution in [3.63, 3.8) is 0 Å². The number of aromatic amines is 1. The third-order valence-electron chi connectivity index (χ3n) is 5.87. The normalized spacial score (nSPS) is 15.2. The molecular weight excluding hydrogens is 418 g/mol. The number of hydrogen-bond acceptors (Lipinski definition) is 6. The van der Waals surface area contributed by atoms with Crippen LogP contribution in [-0.2, 0) is 17.8 Å². The van der Waals surface area contributed by atoms with Gasteiger partial charge in [0.25, 0.3) is 0 Å². The zero-order chi connectivity index (χ0) is 23.4. The largest absolute Gasteiger partial charge is 0.497 e. The van der Waals surface area contributed by atoms with Crippen LogP contribution in [0.1, 0.15) is 16.8 Å². The van der Waals surface area contributed by atoms with Crippen molar-refractivity contribution in [1.82, 2.24) is 20.4 Å². The van der Waals surface area contributed by atoms with Crippen LogP contribution in [0.5, 0.6) is 11.5 Å². The lowest BCUT2D eigenvalue weighted by Crippen LogP contribution is -2.44. The number of amides is 1. The molecule has 2 aromatic carbocycles. The molecular formula is C25H31N5O3. The SMILES string of the molecule is COc1ccc2c(c1)CC(C(=O)Nc1ccc(-c3c[nH]nc3C)cc1OCCN(C)C)NC2. The molecule has 0 bridgehead atoms. The summed E-state index contributed by atoms with van der Waals surface area (Å²) in [5.74, 6) is 1.35. The van der Waals surface area contributed by atoms with Crippen LogP contribution in [0.2, 0.25) is 0 Å². The summed E-state index contributed by atoms with van der Waals surface area (Å²) in [5, 5.41) is 13.5. The van der Waals surface area contributed by atoms with E-state index in [-0.39, 0.29) is 11.9 Å². The van der Waals surface area contributed by atoms with Crippen molar-refractivity contribution in [2.75, 3.05) is 39.7 Å². The van der Waals surface area contributed by atoms with Crippen LogP contribution >= 0.6 is 0 Å². The lowest BCUT2D eigenvalue weighted by atomic mass is 9.95. The van der Waals surface area contributed by atoms with Crippen LogP contribution in [0, 0.1) is 6.92 Å². The number of methoxy groups -OCH3 is 1. The van der Waals surface area contributed by atoms with Crippen molar-refractivity contribution in [3.8, 4) is 22.6 Å². The standard InChI is InChI=1S/C25H31N5O3/c1-16-21(15-27-29-16)17-6-8-22(24(13-17)33-10-9-30(2)3)28-25(31)23-12-19-11-20(32-4)7-5-18(19)14-26-23/h5-8,11,13,15,23,26H,9-10,12,14H2,1-4H3,(H,27,29)(H,28,31). The number of nitrogens with zero attached hydrogens (tertiary/aromatic N) is 2. The van der Waals surface area contributed by atoms with Gasteiger partial charge in [-0.3, -0.25) is 9.89 Å². The Balaban J connectivity index is 1.53. The van der Waals surface area contributed by atoms with E-state index in [1.54, 1.807) is 7.11 Å². The number of nitrogens with one attached hydrogen (secondary N) is 3. The first-order valence-electron chi connectivity index (χ1n) is 11.1. The van der Waals surface area contributed by atoms with E-state index in [0.29, 0.717) is 31.0 Å². The number of fused-ring (bicyclic) bond motifs is 1. The molecule has 8 nitrogen and oxygen atoms in total. The molecule has 3 aromatic rings. The molecule has 0 aliphatic carbocycles. The third-order valence-corrected chi connectivity index (χ3v) is 5.87. The number of rotatable bonds is 8. The summed E-state index contributed by atoms with van der Waals surface area (Å²) in [5.41, 5.74) is 5.86. The minimum Gasteiger partial charge on any atom is -0.497 e. The van der Waals surface area contributed by atoms with Crippen molar-refractivity contribution >= 4 is 11.6 Å². The second kappa shape index (κ2) is 10.1. The number of hydrogen-bond donors (Lipinski definition) is 3. The number of H-pyrrole nitrogens is 1. The smallest absolute Gasteiger partial charge is 0.241 e. The molecule has 8 heteroatoms. The number of anilines is 1. The lowest BCUT2D eigenvalue weighted by molar-refractivity contribution is -0.118. The van der Waals surface area contributed by atoms with Crippen molar-refractivity contribution in [2.45, 2.75) is 25.9 Å². The minimum absolute atomic E-state index is 0.0897. The number of aryl methyl sites for hydroxylation is 1. The van der Waals surface area contributed by atoms with Gasteiger partial charge in [-0.25, -0.2) is 0 Å². The van der Waals surface area contributed by atoms with Gasteiger partial charge in [-0.05, 0) is 68.4 Å². The summed E-state index contributed by atoms with van der Waals surface area (Å²) in [4.78, 5) is 15.2. The predicted molar refractivity (Wildman–Crippen MR) is 129 cm³/mol. The van der Waals surface area contributed by atoms with Gasteiger partial charge in [-0.15, -0.1) is 0 Å². The summed E-state index contributed by atoms with van der Waals surface area (Å²) >= 11 is 0. The van der Waals surface area contributed by atoms with Gasteiger partial charge in [-0.1, -0.05) is 12.1 Å². The van der Waals surface area contributed by atoms with E-state index in [1.807, 2.05) is 63.6 Å². The topological polar surface area (TPSA) is 91.5 Å². The highest BCUT2D eigenvalue weighted by Gasteiger charge is 2.25. The maximum atomic E-state index is 13.2. The van der Waals surface area contributed by atoms with Gasteiger partial charge in [0.1, 0.15) is 18.1 Å². The van der Waals surface area contributed by atoms with E-state index >= 15 is 0 Å². The minimum atomic E-state index is -0.338. The molecule has 0 fully saturated rings. The number of ether oxygens (including phenoxy) is 2. The zero-order valence-corrected chi connectivity index (χ0v) is 19.6. The maximum absolute atomic E-state index is 13.2. The fraction of sp³-hybridized carbons (Fsp3) is 0.360. The van der Waals surface area contributed by atoms with E-state index in [9.17, 15) is 4.79 Å². The Morgan fingerprint density at radius 1 is 1.21 bits per heavy atom. The third kappa shape index (κ3) is 5.35. The van der Waals surface area contributed by atoms with Gasteiger partial charge < -0.3 is 25.0 Å². The molecule has 174 valence electrons. The molecule has 2 heterocycles. The van der Waals surface area contributed by atoms with E-state index in [0.717, 1.165) is 34.7 Å². The lowest BCUT2D eigenvalue weighted by Gasteiger charge is -2.26. The van der Waals surface area contributed by atoms with Crippen molar-refractivity contribution in [1.29, 1.82) is 0 Å².